The van der Waals surface area contributed by atoms with Gasteiger partial charge in [0.2, 0.25) is 10.0 Å². The molecule has 1 aromatic rings. The van der Waals surface area contributed by atoms with Gasteiger partial charge in [-0.25, -0.2) is 13.2 Å². The van der Waals surface area contributed by atoms with E-state index in [1.54, 1.807) is 11.4 Å². The third-order valence-corrected chi connectivity index (χ3v) is 5.92. The average Bonchev–Trinajstić information content (AvgIpc) is 2.82. The summed E-state index contributed by atoms with van der Waals surface area (Å²) in [5.41, 5.74) is -0.0161. The van der Waals surface area contributed by atoms with Crippen molar-refractivity contribution in [2.24, 2.45) is 7.05 Å². The third kappa shape index (κ3) is 3.13. The molecule has 2 rings (SSSR count). The first-order valence-electron chi connectivity index (χ1n) is 7.29. The number of rotatable bonds is 5. The van der Waals surface area contributed by atoms with Crippen molar-refractivity contribution in [3.63, 3.8) is 0 Å². The van der Waals surface area contributed by atoms with Crippen LogP contribution in [-0.4, -0.2) is 41.0 Å². The maximum Gasteiger partial charge on any atom is 0.352 e. The van der Waals surface area contributed by atoms with Crippen LogP contribution < -0.4 is 0 Å². The Hall–Kier alpha value is -1.34. The molecular weight excluding hydrogens is 292 g/mol. The standard InChI is InChI=1S/C14H22N2O4S/c1-3-6-11-7-4-5-8-16(11)21(19,20)12-9-13(14(17)18)15(2)10-12/h9-11H,3-8H2,1-2H3,(H,17,18). The molecule has 1 aromatic heterocycles. The average molecular weight is 314 g/mol. The van der Waals surface area contributed by atoms with E-state index in [0.717, 1.165) is 32.1 Å². The number of carbonyl (C=O) groups is 1. The maximum atomic E-state index is 12.8. The van der Waals surface area contributed by atoms with Gasteiger partial charge in [0.15, 0.2) is 0 Å². The minimum atomic E-state index is -3.62. The Morgan fingerprint density at radius 3 is 2.71 bits per heavy atom. The lowest BCUT2D eigenvalue weighted by Crippen LogP contribution is -2.43. The molecule has 1 atom stereocenters. The molecule has 1 unspecified atom stereocenters. The molecule has 21 heavy (non-hydrogen) atoms. The summed E-state index contributed by atoms with van der Waals surface area (Å²) in [6, 6.07) is 1.28. The lowest BCUT2D eigenvalue weighted by atomic mass is 10.0. The lowest BCUT2D eigenvalue weighted by molar-refractivity contribution is 0.0686. The van der Waals surface area contributed by atoms with Gasteiger partial charge in [-0.15, -0.1) is 0 Å². The Morgan fingerprint density at radius 2 is 2.14 bits per heavy atom. The van der Waals surface area contributed by atoms with Gasteiger partial charge >= 0.3 is 5.97 Å². The van der Waals surface area contributed by atoms with E-state index in [-0.39, 0.29) is 16.6 Å². The van der Waals surface area contributed by atoms with Gasteiger partial charge in [0.05, 0.1) is 0 Å². The van der Waals surface area contributed by atoms with E-state index in [2.05, 4.69) is 0 Å². The monoisotopic (exact) mass is 314 g/mol. The number of hydrogen-bond acceptors (Lipinski definition) is 3. The van der Waals surface area contributed by atoms with Crippen LogP contribution in [0.15, 0.2) is 17.2 Å². The number of aromatic carboxylic acids is 1. The highest BCUT2D eigenvalue weighted by molar-refractivity contribution is 7.89. The van der Waals surface area contributed by atoms with Crippen molar-refractivity contribution in [1.29, 1.82) is 0 Å². The van der Waals surface area contributed by atoms with Crippen molar-refractivity contribution in [2.45, 2.75) is 50.0 Å². The van der Waals surface area contributed by atoms with Crippen LogP contribution in [0.1, 0.15) is 49.5 Å². The molecule has 7 heteroatoms. The van der Waals surface area contributed by atoms with Crippen molar-refractivity contribution in [2.75, 3.05) is 6.54 Å². The quantitative estimate of drug-likeness (QED) is 0.902. The first-order chi connectivity index (χ1) is 9.87. The number of carboxylic acids is 1. The summed E-state index contributed by atoms with van der Waals surface area (Å²) in [6.45, 7) is 2.56. The zero-order chi connectivity index (χ0) is 15.6. The summed E-state index contributed by atoms with van der Waals surface area (Å²) in [5.74, 6) is -1.12. The zero-order valence-electron chi connectivity index (χ0n) is 12.4. The minimum Gasteiger partial charge on any atom is -0.477 e. The Morgan fingerprint density at radius 1 is 1.43 bits per heavy atom. The summed E-state index contributed by atoms with van der Waals surface area (Å²) in [5, 5.41) is 9.06. The number of aromatic nitrogens is 1. The molecule has 0 aliphatic carbocycles. The van der Waals surface area contributed by atoms with Crippen LogP contribution in [0.25, 0.3) is 0 Å². The van der Waals surface area contributed by atoms with Crippen LogP contribution in [0.3, 0.4) is 0 Å². The van der Waals surface area contributed by atoms with Gasteiger partial charge in [-0.05, 0) is 25.3 Å². The molecular formula is C14H22N2O4S. The summed E-state index contributed by atoms with van der Waals surface area (Å²) in [7, 11) is -2.08. The molecule has 1 aliphatic rings. The number of nitrogens with zero attached hydrogens (tertiary/aromatic N) is 2. The molecule has 0 amide bonds. The second-order valence-electron chi connectivity index (χ2n) is 5.53. The summed E-state index contributed by atoms with van der Waals surface area (Å²) in [6.07, 6.45) is 5.95. The normalized spacial score (nSPS) is 20.6. The zero-order valence-corrected chi connectivity index (χ0v) is 13.3. The first-order valence-corrected chi connectivity index (χ1v) is 8.73. The molecule has 118 valence electrons. The van der Waals surface area contributed by atoms with E-state index in [9.17, 15) is 13.2 Å². The van der Waals surface area contributed by atoms with Crippen LogP contribution >= 0.6 is 0 Å². The number of sulfonamides is 1. The fourth-order valence-electron chi connectivity index (χ4n) is 2.94. The van der Waals surface area contributed by atoms with Crippen molar-refractivity contribution in [3.8, 4) is 0 Å². The SMILES string of the molecule is CCCC1CCCCN1S(=O)(=O)c1cc(C(=O)O)n(C)c1. The summed E-state index contributed by atoms with van der Waals surface area (Å²) < 4.78 is 28.5. The minimum absolute atomic E-state index is 0.0161. The van der Waals surface area contributed by atoms with Crippen molar-refractivity contribution < 1.29 is 18.3 Å². The van der Waals surface area contributed by atoms with Crippen molar-refractivity contribution >= 4 is 16.0 Å². The van der Waals surface area contributed by atoms with E-state index in [0.29, 0.717) is 6.54 Å². The van der Waals surface area contributed by atoms with Gasteiger partial charge in [0.25, 0.3) is 0 Å². The molecule has 0 saturated carbocycles. The Bertz CT molecular complexity index is 619. The van der Waals surface area contributed by atoms with Crippen molar-refractivity contribution in [1.82, 2.24) is 8.87 Å². The third-order valence-electron chi connectivity index (χ3n) is 4.00. The van der Waals surface area contributed by atoms with Gasteiger partial charge in [-0.2, -0.15) is 4.31 Å². The molecule has 0 radical (unpaired) electrons. The molecule has 0 bridgehead atoms. The Balaban J connectivity index is 2.36. The number of carboxylic acid groups (broad SMARTS) is 1. The predicted molar refractivity (Wildman–Crippen MR) is 78.8 cm³/mol. The molecule has 0 aromatic carbocycles. The topological polar surface area (TPSA) is 79.6 Å². The summed E-state index contributed by atoms with van der Waals surface area (Å²) >= 11 is 0. The highest BCUT2D eigenvalue weighted by atomic mass is 32.2. The smallest absolute Gasteiger partial charge is 0.352 e. The fraction of sp³-hybridized carbons (Fsp3) is 0.643. The van der Waals surface area contributed by atoms with Gasteiger partial charge in [-0.1, -0.05) is 19.8 Å². The second-order valence-corrected chi connectivity index (χ2v) is 7.42. The van der Waals surface area contributed by atoms with Gasteiger partial charge in [-0.3, -0.25) is 0 Å². The van der Waals surface area contributed by atoms with E-state index in [1.165, 1.54) is 16.8 Å². The van der Waals surface area contributed by atoms with Crippen LogP contribution in [0.2, 0.25) is 0 Å². The lowest BCUT2D eigenvalue weighted by Gasteiger charge is -2.34. The van der Waals surface area contributed by atoms with E-state index < -0.39 is 16.0 Å². The molecule has 1 saturated heterocycles. The predicted octanol–water partition coefficient (Wildman–Crippen LogP) is 2.07. The number of hydrogen-bond donors (Lipinski definition) is 1. The maximum absolute atomic E-state index is 12.8. The molecule has 6 nitrogen and oxygen atoms in total. The highest BCUT2D eigenvalue weighted by Gasteiger charge is 2.34. The van der Waals surface area contributed by atoms with Gasteiger partial charge < -0.3 is 9.67 Å². The largest absolute Gasteiger partial charge is 0.477 e. The first kappa shape index (κ1) is 16.0. The fourth-order valence-corrected chi connectivity index (χ4v) is 4.73. The molecule has 1 fully saturated rings. The molecule has 1 N–H and O–H groups in total. The van der Waals surface area contributed by atoms with Crippen LogP contribution in [0.4, 0.5) is 0 Å². The van der Waals surface area contributed by atoms with Crippen molar-refractivity contribution in [3.05, 3.63) is 18.0 Å². The number of piperidine rings is 1. The Kier molecular flexibility index (Phi) is 4.73. The van der Waals surface area contributed by atoms with E-state index in [1.807, 2.05) is 6.92 Å². The van der Waals surface area contributed by atoms with E-state index in [4.69, 9.17) is 5.11 Å². The second kappa shape index (κ2) is 6.19. The summed E-state index contributed by atoms with van der Waals surface area (Å²) in [4.78, 5) is 11.2. The number of aryl methyl sites for hydroxylation is 1. The van der Waals surface area contributed by atoms with Crippen LogP contribution in [0, 0.1) is 0 Å². The van der Waals surface area contributed by atoms with Crippen LogP contribution in [-0.2, 0) is 17.1 Å². The molecule has 1 aliphatic heterocycles. The van der Waals surface area contributed by atoms with E-state index >= 15 is 0 Å². The van der Waals surface area contributed by atoms with Crippen LogP contribution in [0.5, 0.6) is 0 Å². The Labute approximate surface area is 125 Å². The van der Waals surface area contributed by atoms with Gasteiger partial charge in [0, 0.05) is 25.8 Å². The highest BCUT2D eigenvalue weighted by Crippen LogP contribution is 2.28. The van der Waals surface area contributed by atoms with Gasteiger partial charge in [0.1, 0.15) is 10.6 Å². The molecule has 2 heterocycles. The molecule has 0 spiro atoms.